The van der Waals surface area contributed by atoms with Crippen molar-refractivity contribution in [3.8, 4) is 0 Å². The first kappa shape index (κ1) is 17.4. The van der Waals surface area contributed by atoms with Gasteiger partial charge in [-0.25, -0.2) is 0 Å². The first-order valence-electron chi connectivity index (χ1n) is 8.57. The van der Waals surface area contributed by atoms with Gasteiger partial charge in [-0.1, -0.05) is 48.0 Å². The summed E-state index contributed by atoms with van der Waals surface area (Å²) in [6.45, 7) is 0.357. The fourth-order valence-electron chi connectivity index (χ4n) is 3.42. The predicted molar refractivity (Wildman–Crippen MR) is 106 cm³/mol. The average Bonchev–Trinajstić information content (AvgIpc) is 3.11. The van der Waals surface area contributed by atoms with Crippen molar-refractivity contribution in [3.63, 3.8) is 0 Å². The minimum absolute atomic E-state index is 0.304. The molecule has 1 aromatic heterocycles. The van der Waals surface area contributed by atoms with Crippen molar-refractivity contribution in [2.75, 3.05) is 7.05 Å². The van der Waals surface area contributed by atoms with Gasteiger partial charge in [-0.15, -0.1) is 0 Å². The minimum Gasteiger partial charge on any atom is -0.376 e. The van der Waals surface area contributed by atoms with Crippen LogP contribution >= 0.6 is 11.6 Å². The van der Waals surface area contributed by atoms with Crippen molar-refractivity contribution in [2.24, 2.45) is 7.05 Å². The maximum atomic E-state index is 12.8. The number of hydrogen-bond acceptors (Lipinski definition) is 3. The highest BCUT2D eigenvalue weighted by molar-refractivity contribution is 6.37. The van der Waals surface area contributed by atoms with Crippen LogP contribution in [0.4, 0.5) is 0 Å². The number of likely N-dealkylation sites (N-methyl/N-ethyl adjacent to an activating group) is 1. The van der Waals surface area contributed by atoms with Gasteiger partial charge in [0.15, 0.2) is 0 Å². The molecule has 0 atom stereocenters. The maximum absolute atomic E-state index is 12.8. The maximum Gasteiger partial charge on any atom is 0.277 e. The van der Waals surface area contributed by atoms with Crippen molar-refractivity contribution < 1.29 is 9.59 Å². The summed E-state index contributed by atoms with van der Waals surface area (Å²) in [5.74, 6) is -0.645. The van der Waals surface area contributed by atoms with E-state index in [-0.39, 0.29) is 11.8 Å². The molecule has 6 heteroatoms. The summed E-state index contributed by atoms with van der Waals surface area (Å²) in [5, 5.41) is 4.69. The molecule has 136 valence electrons. The second-order valence-electron chi connectivity index (χ2n) is 6.54. The van der Waals surface area contributed by atoms with Crippen LogP contribution in [0.3, 0.4) is 0 Å². The van der Waals surface area contributed by atoms with Gasteiger partial charge in [0.25, 0.3) is 11.8 Å². The number of amides is 2. The van der Waals surface area contributed by atoms with Gasteiger partial charge in [0.1, 0.15) is 5.70 Å². The van der Waals surface area contributed by atoms with E-state index in [9.17, 15) is 9.59 Å². The molecule has 1 N–H and O–H groups in total. The highest BCUT2D eigenvalue weighted by Crippen LogP contribution is 2.33. The van der Waals surface area contributed by atoms with Gasteiger partial charge in [0.05, 0.1) is 5.57 Å². The van der Waals surface area contributed by atoms with Crippen LogP contribution in [0.5, 0.6) is 0 Å². The number of rotatable bonds is 4. The van der Waals surface area contributed by atoms with E-state index >= 15 is 0 Å². The molecule has 2 amide bonds. The van der Waals surface area contributed by atoms with Crippen molar-refractivity contribution in [1.29, 1.82) is 0 Å². The van der Waals surface area contributed by atoms with Gasteiger partial charge < -0.3 is 9.88 Å². The van der Waals surface area contributed by atoms with E-state index in [2.05, 4.69) is 5.32 Å². The first-order valence-corrected chi connectivity index (χ1v) is 8.95. The predicted octanol–water partition coefficient (Wildman–Crippen LogP) is 3.33. The third kappa shape index (κ3) is 2.80. The van der Waals surface area contributed by atoms with Crippen LogP contribution in [0.15, 0.2) is 60.4 Å². The molecule has 0 unspecified atom stereocenters. The van der Waals surface area contributed by atoms with Gasteiger partial charge in [-0.05, 0) is 17.7 Å². The quantitative estimate of drug-likeness (QED) is 0.707. The van der Waals surface area contributed by atoms with E-state index in [1.807, 2.05) is 60.3 Å². The van der Waals surface area contributed by atoms with Crippen LogP contribution in [0, 0.1) is 0 Å². The van der Waals surface area contributed by atoms with Crippen LogP contribution in [0.2, 0.25) is 5.02 Å². The van der Waals surface area contributed by atoms with E-state index in [1.165, 1.54) is 7.05 Å². The van der Waals surface area contributed by atoms with E-state index < -0.39 is 0 Å². The molecule has 0 aliphatic carbocycles. The molecule has 2 aromatic carbocycles. The fourth-order valence-corrected chi connectivity index (χ4v) is 3.62. The number of halogens is 1. The number of aromatic nitrogens is 1. The molecule has 0 saturated heterocycles. The first-order chi connectivity index (χ1) is 13.0. The van der Waals surface area contributed by atoms with Gasteiger partial charge in [-0.2, -0.15) is 0 Å². The Morgan fingerprint density at radius 2 is 1.67 bits per heavy atom. The standard InChI is InChI=1S/C21H18ClN3O2/c1-24-12-15(14-8-4-6-10-17(14)24)18-19(21(27)25(2)20(18)26)23-11-13-7-3-5-9-16(13)22/h3-10,12,23H,11H2,1-2H3. The molecule has 0 bridgehead atoms. The molecule has 0 saturated carbocycles. The van der Waals surface area contributed by atoms with Crippen molar-refractivity contribution >= 4 is 39.9 Å². The third-order valence-electron chi connectivity index (χ3n) is 4.87. The van der Waals surface area contributed by atoms with Gasteiger partial charge in [-0.3, -0.25) is 14.5 Å². The number of hydrogen-bond donors (Lipinski definition) is 1. The second-order valence-corrected chi connectivity index (χ2v) is 6.94. The summed E-state index contributed by atoms with van der Waals surface area (Å²) in [6.07, 6.45) is 1.89. The largest absolute Gasteiger partial charge is 0.376 e. The zero-order valence-electron chi connectivity index (χ0n) is 15.0. The van der Waals surface area contributed by atoms with Crippen molar-refractivity contribution in [3.05, 3.63) is 76.6 Å². The van der Waals surface area contributed by atoms with E-state index in [1.54, 1.807) is 6.07 Å². The molecule has 5 nitrogen and oxygen atoms in total. The smallest absolute Gasteiger partial charge is 0.277 e. The molecular weight excluding hydrogens is 362 g/mol. The molecule has 4 rings (SSSR count). The Labute approximate surface area is 161 Å². The molecular formula is C21H18ClN3O2. The lowest BCUT2D eigenvalue weighted by atomic mass is 10.0. The zero-order chi connectivity index (χ0) is 19.1. The minimum atomic E-state index is -0.338. The highest BCUT2D eigenvalue weighted by Gasteiger charge is 2.37. The Morgan fingerprint density at radius 1 is 0.963 bits per heavy atom. The number of nitrogens with zero attached hydrogens (tertiary/aromatic N) is 2. The topological polar surface area (TPSA) is 54.3 Å². The third-order valence-corrected chi connectivity index (χ3v) is 5.24. The van der Waals surface area contributed by atoms with Crippen molar-refractivity contribution in [2.45, 2.75) is 6.54 Å². The zero-order valence-corrected chi connectivity index (χ0v) is 15.7. The number of carbonyl (C=O) groups is 2. The Morgan fingerprint density at radius 3 is 2.44 bits per heavy atom. The summed E-state index contributed by atoms with van der Waals surface area (Å²) >= 11 is 6.22. The molecule has 1 aliphatic rings. The number of benzene rings is 2. The number of nitrogens with one attached hydrogen (secondary N) is 1. The lowest BCUT2D eigenvalue weighted by Gasteiger charge is -2.10. The SMILES string of the molecule is CN1C(=O)C(NCc2ccccc2Cl)=C(c2cn(C)c3ccccc23)C1=O. The molecule has 1 aliphatic heterocycles. The number of imide groups is 1. The lowest BCUT2D eigenvalue weighted by Crippen LogP contribution is -2.29. The van der Waals surface area contributed by atoms with Crippen LogP contribution in [0.1, 0.15) is 11.1 Å². The van der Waals surface area contributed by atoms with E-state index in [0.29, 0.717) is 22.8 Å². The Balaban J connectivity index is 1.81. The number of aryl methyl sites for hydroxylation is 1. The van der Waals surface area contributed by atoms with Crippen molar-refractivity contribution in [1.82, 2.24) is 14.8 Å². The second kappa shape index (κ2) is 6.59. The molecule has 2 heterocycles. The summed E-state index contributed by atoms with van der Waals surface area (Å²) in [5.41, 5.74) is 3.31. The monoisotopic (exact) mass is 379 g/mol. The number of carbonyl (C=O) groups excluding carboxylic acids is 2. The Kier molecular flexibility index (Phi) is 4.24. The van der Waals surface area contributed by atoms with Gasteiger partial charge >= 0.3 is 0 Å². The molecule has 0 radical (unpaired) electrons. The highest BCUT2D eigenvalue weighted by atomic mass is 35.5. The summed E-state index contributed by atoms with van der Waals surface area (Å²) in [6, 6.07) is 15.2. The average molecular weight is 380 g/mol. The number of para-hydroxylation sites is 1. The van der Waals surface area contributed by atoms with Gasteiger partial charge in [0, 0.05) is 48.3 Å². The molecule has 3 aromatic rings. The lowest BCUT2D eigenvalue weighted by molar-refractivity contribution is -0.135. The van der Waals surface area contributed by atoms with Crippen LogP contribution in [-0.4, -0.2) is 28.3 Å². The van der Waals surface area contributed by atoms with Crippen LogP contribution in [-0.2, 0) is 23.2 Å². The fraction of sp³-hybridized carbons (Fsp3) is 0.143. The summed E-state index contributed by atoms with van der Waals surface area (Å²) < 4.78 is 1.96. The van der Waals surface area contributed by atoms with Crippen LogP contribution in [0.25, 0.3) is 16.5 Å². The summed E-state index contributed by atoms with van der Waals surface area (Å²) in [7, 11) is 3.42. The number of fused-ring (bicyclic) bond motifs is 1. The Bertz CT molecular complexity index is 1110. The van der Waals surface area contributed by atoms with Crippen LogP contribution < -0.4 is 5.32 Å². The molecule has 0 fully saturated rings. The Hall–Kier alpha value is -3.05. The molecule has 27 heavy (non-hydrogen) atoms. The molecule has 0 spiro atoms. The van der Waals surface area contributed by atoms with Gasteiger partial charge in [0.2, 0.25) is 0 Å². The van der Waals surface area contributed by atoms with E-state index in [4.69, 9.17) is 11.6 Å². The summed E-state index contributed by atoms with van der Waals surface area (Å²) in [4.78, 5) is 26.7. The van der Waals surface area contributed by atoms with E-state index in [0.717, 1.165) is 26.9 Å². The normalized spacial score (nSPS) is 14.6.